The molecule has 0 aliphatic heterocycles. The molecule has 0 fully saturated rings. The summed E-state index contributed by atoms with van der Waals surface area (Å²) in [6, 6.07) is 11.6. The highest BCUT2D eigenvalue weighted by Gasteiger charge is 2.09. The van der Waals surface area contributed by atoms with E-state index in [9.17, 15) is 4.79 Å². The first-order valence-electron chi connectivity index (χ1n) is 6.08. The minimum atomic E-state index is 0.0197. The predicted octanol–water partition coefficient (Wildman–Crippen LogP) is 2.93. The molecule has 0 aliphatic rings. The zero-order valence-corrected chi connectivity index (χ0v) is 10.8. The van der Waals surface area contributed by atoms with E-state index < -0.39 is 0 Å². The Labute approximate surface area is 110 Å². The lowest BCUT2D eigenvalue weighted by molar-refractivity contribution is 0.101. The third-order valence-electron chi connectivity index (χ3n) is 3.11. The highest BCUT2D eigenvalue weighted by atomic mass is 16.1. The largest absolute Gasteiger partial charge is 0.294 e. The highest BCUT2D eigenvalue weighted by Crippen LogP contribution is 2.19. The Morgan fingerprint density at radius 1 is 1.16 bits per heavy atom. The molecule has 0 aliphatic carbocycles. The first-order chi connectivity index (χ1) is 9.16. The van der Waals surface area contributed by atoms with Crippen molar-refractivity contribution in [3.63, 3.8) is 0 Å². The van der Waals surface area contributed by atoms with Crippen LogP contribution in [0.25, 0.3) is 16.9 Å². The summed E-state index contributed by atoms with van der Waals surface area (Å²) in [5, 5.41) is 0. The van der Waals surface area contributed by atoms with Crippen molar-refractivity contribution in [1.82, 2.24) is 14.5 Å². The van der Waals surface area contributed by atoms with Gasteiger partial charge in [0.1, 0.15) is 11.6 Å². The second-order valence-corrected chi connectivity index (χ2v) is 4.44. The molecule has 0 saturated heterocycles. The maximum atomic E-state index is 11.3. The van der Waals surface area contributed by atoms with Crippen LogP contribution in [-0.2, 0) is 0 Å². The molecule has 0 bridgehead atoms. The van der Waals surface area contributed by atoms with Gasteiger partial charge in [-0.2, -0.15) is 0 Å². The number of carbonyl (C=O) groups excluding carboxylic acids is 1. The van der Waals surface area contributed by atoms with Gasteiger partial charge in [-0.05, 0) is 38.1 Å². The molecule has 4 nitrogen and oxygen atoms in total. The number of fused-ring (bicyclic) bond motifs is 1. The van der Waals surface area contributed by atoms with E-state index >= 15 is 0 Å². The van der Waals surface area contributed by atoms with Gasteiger partial charge in [0.2, 0.25) is 0 Å². The van der Waals surface area contributed by atoms with Gasteiger partial charge in [-0.15, -0.1) is 0 Å². The van der Waals surface area contributed by atoms with Crippen LogP contribution in [0.4, 0.5) is 0 Å². The topological polar surface area (TPSA) is 47.8 Å². The molecule has 4 heteroatoms. The summed E-state index contributed by atoms with van der Waals surface area (Å²) >= 11 is 0. The number of carbonyl (C=O) groups is 1. The first kappa shape index (κ1) is 11.6. The fourth-order valence-electron chi connectivity index (χ4n) is 2.16. The number of hydrogen-bond acceptors (Lipinski definition) is 3. The lowest BCUT2D eigenvalue weighted by Crippen LogP contribution is -2.01. The standard InChI is InChI=1S/C15H13N3O/c1-10(19)12-7-8-15(16-9-12)18-11(2)17-13-5-3-4-6-14(13)18/h3-9H,1-2H3. The number of benzene rings is 1. The summed E-state index contributed by atoms with van der Waals surface area (Å²) in [5.74, 6) is 1.67. The molecule has 94 valence electrons. The van der Waals surface area contributed by atoms with Gasteiger partial charge in [0.25, 0.3) is 0 Å². The number of hydrogen-bond donors (Lipinski definition) is 0. The number of rotatable bonds is 2. The van der Waals surface area contributed by atoms with Crippen molar-refractivity contribution >= 4 is 16.8 Å². The van der Waals surface area contributed by atoms with Crippen molar-refractivity contribution < 1.29 is 4.79 Å². The van der Waals surface area contributed by atoms with Crippen LogP contribution in [0.3, 0.4) is 0 Å². The molecule has 3 aromatic rings. The third-order valence-corrected chi connectivity index (χ3v) is 3.11. The zero-order valence-electron chi connectivity index (χ0n) is 10.8. The van der Waals surface area contributed by atoms with Crippen molar-refractivity contribution in [2.75, 3.05) is 0 Å². The van der Waals surface area contributed by atoms with Crippen LogP contribution in [-0.4, -0.2) is 20.3 Å². The van der Waals surface area contributed by atoms with E-state index in [-0.39, 0.29) is 5.78 Å². The number of pyridine rings is 1. The van der Waals surface area contributed by atoms with Crippen LogP contribution in [0.15, 0.2) is 42.6 Å². The van der Waals surface area contributed by atoms with Crippen LogP contribution in [0.5, 0.6) is 0 Å². The summed E-state index contributed by atoms with van der Waals surface area (Å²) in [5.41, 5.74) is 2.58. The molecule has 0 radical (unpaired) electrons. The van der Waals surface area contributed by atoms with Gasteiger partial charge < -0.3 is 0 Å². The highest BCUT2D eigenvalue weighted by molar-refractivity contribution is 5.93. The molecule has 0 spiro atoms. The van der Waals surface area contributed by atoms with E-state index in [1.807, 2.05) is 41.8 Å². The van der Waals surface area contributed by atoms with E-state index in [2.05, 4.69) is 9.97 Å². The Kier molecular flexibility index (Phi) is 2.63. The molecule has 0 saturated carbocycles. The summed E-state index contributed by atoms with van der Waals surface area (Å²) in [7, 11) is 0. The zero-order chi connectivity index (χ0) is 13.4. The predicted molar refractivity (Wildman–Crippen MR) is 73.6 cm³/mol. The molecule has 1 aromatic carbocycles. The monoisotopic (exact) mass is 251 g/mol. The van der Waals surface area contributed by atoms with Crippen LogP contribution in [0.1, 0.15) is 23.1 Å². The van der Waals surface area contributed by atoms with E-state index in [0.29, 0.717) is 5.56 Å². The number of aryl methyl sites for hydroxylation is 1. The lowest BCUT2D eigenvalue weighted by atomic mass is 10.2. The Morgan fingerprint density at radius 3 is 2.63 bits per heavy atom. The maximum Gasteiger partial charge on any atom is 0.161 e. The van der Waals surface area contributed by atoms with E-state index in [4.69, 9.17) is 0 Å². The fraction of sp³-hybridized carbons (Fsp3) is 0.133. The average Bonchev–Trinajstić information content (AvgIpc) is 2.74. The lowest BCUT2D eigenvalue weighted by Gasteiger charge is -2.06. The van der Waals surface area contributed by atoms with E-state index in [1.165, 1.54) is 6.92 Å². The molecule has 2 heterocycles. The second-order valence-electron chi connectivity index (χ2n) is 4.44. The van der Waals surface area contributed by atoms with Crippen molar-refractivity contribution in [1.29, 1.82) is 0 Å². The van der Waals surface area contributed by atoms with Gasteiger partial charge in [-0.1, -0.05) is 12.1 Å². The Bertz CT molecular complexity index is 757. The molecule has 3 rings (SSSR count). The van der Waals surface area contributed by atoms with Crippen molar-refractivity contribution in [3.8, 4) is 5.82 Å². The van der Waals surface area contributed by atoms with Gasteiger partial charge in [0.15, 0.2) is 5.78 Å². The quantitative estimate of drug-likeness (QED) is 0.658. The van der Waals surface area contributed by atoms with Crippen LogP contribution < -0.4 is 0 Å². The Hall–Kier alpha value is -2.49. The number of imidazole rings is 1. The minimum Gasteiger partial charge on any atom is -0.294 e. The number of Topliss-reactive ketones (excluding diaryl/α,β-unsaturated/α-hetero) is 1. The van der Waals surface area contributed by atoms with Gasteiger partial charge in [-0.3, -0.25) is 9.36 Å². The molecular weight excluding hydrogens is 238 g/mol. The molecule has 0 unspecified atom stereocenters. The third kappa shape index (κ3) is 1.91. The fourth-order valence-corrected chi connectivity index (χ4v) is 2.16. The normalized spacial score (nSPS) is 10.8. The maximum absolute atomic E-state index is 11.3. The van der Waals surface area contributed by atoms with Crippen LogP contribution >= 0.6 is 0 Å². The molecule has 0 amide bonds. The summed E-state index contributed by atoms with van der Waals surface area (Å²) in [6.45, 7) is 3.48. The summed E-state index contributed by atoms with van der Waals surface area (Å²) in [4.78, 5) is 20.1. The smallest absolute Gasteiger partial charge is 0.161 e. The SMILES string of the molecule is CC(=O)c1ccc(-n2c(C)nc3ccccc32)nc1. The van der Waals surface area contributed by atoms with Crippen molar-refractivity contribution in [2.24, 2.45) is 0 Å². The minimum absolute atomic E-state index is 0.0197. The van der Waals surface area contributed by atoms with Gasteiger partial charge in [-0.25, -0.2) is 9.97 Å². The number of nitrogens with zero attached hydrogens (tertiary/aromatic N) is 3. The van der Waals surface area contributed by atoms with Crippen LogP contribution in [0, 0.1) is 6.92 Å². The summed E-state index contributed by atoms with van der Waals surface area (Å²) < 4.78 is 1.99. The first-order valence-corrected chi connectivity index (χ1v) is 6.08. The molecule has 19 heavy (non-hydrogen) atoms. The number of aromatic nitrogens is 3. The van der Waals surface area contributed by atoms with Crippen molar-refractivity contribution in [3.05, 3.63) is 54.0 Å². The van der Waals surface area contributed by atoms with Gasteiger partial charge in [0.05, 0.1) is 11.0 Å². The van der Waals surface area contributed by atoms with Gasteiger partial charge in [0, 0.05) is 11.8 Å². The van der Waals surface area contributed by atoms with E-state index in [0.717, 1.165) is 22.7 Å². The van der Waals surface area contributed by atoms with E-state index in [1.54, 1.807) is 12.3 Å². The van der Waals surface area contributed by atoms with Gasteiger partial charge >= 0.3 is 0 Å². The van der Waals surface area contributed by atoms with Crippen molar-refractivity contribution in [2.45, 2.75) is 13.8 Å². The Balaban J connectivity index is 2.18. The van der Waals surface area contributed by atoms with Crippen LogP contribution in [0.2, 0.25) is 0 Å². The summed E-state index contributed by atoms with van der Waals surface area (Å²) in [6.07, 6.45) is 1.60. The number of para-hydroxylation sites is 2. The molecular formula is C15H13N3O. The number of ketones is 1. The Morgan fingerprint density at radius 2 is 1.95 bits per heavy atom. The second kappa shape index (κ2) is 4.31. The molecule has 0 N–H and O–H groups in total. The molecule has 0 atom stereocenters. The molecule has 2 aromatic heterocycles. The average molecular weight is 251 g/mol.